The van der Waals surface area contributed by atoms with E-state index in [1.165, 1.54) is 5.56 Å². The lowest BCUT2D eigenvalue weighted by Crippen LogP contribution is -2.29. The summed E-state index contributed by atoms with van der Waals surface area (Å²) >= 11 is 0. The molecule has 3 heteroatoms. The maximum absolute atomic E-state index is 11.5. The molecule has 1 N–H and O–H groups in total. The van der Waals surface area contributed by atoms with Crippen molar-refractivity contribution in [1.29, 1.82) is 0 Å². The summed E-state index contributed by atoms with van der Waals surface area (Å²) in [6, 6.07) is 8.31. The number of carbonyl (C=O) groups excluding carboxylic acids is 1. The summed E-state index contributed by atoms with van der Waals surface area (Å²) in [6.45, 7) is 5.28. The molecule has 0 spiro atoms. The van der Waals surface area contributed by atoms with E-state index in [1.807, 2.05) is 11.8 Å². The van der Waals surface area contributed by atoms with Crippen LogP contribution in [0, 0.1) is 6.92 Å². The summed E-state index contributed by atoms with van der Waals surface area (Å²) < 4.78 is 0. The van der Waals surface area contributed by atoms with Crippen LogP contribution < -0.4 is 5.32 Å². The quantitative estimate of drug-likeness (QED) is 0.790. The van der Waals surface area contributed by atoms with Gasteiger partial charge in [0.25, 0.3) is 0 Å². The molecule has 0 saturated carbocycles. The highest BCUT2D eigenvalue weighted by atomic mass is 16.2. The molecule has 1 heterocycles. The predicted octanol–water partition coefficient (Wildman–Crippen LogP) is 1.45. The number of likely N-dealkylation sites (N-methyl/N-ethyl adjacent to an activating group) is 1. The number of hydrogen-bond donors (Lipinski definition) is 1. The summed E-state index contributed by atoms with van der Waals surface area (Å²) in [5.74, 6) is 0.183. The molecule has 1 unspecified atom stereocenters. The highest BCUT2D eigenvalue weighted by Crippen LogP contribution is 2.21. The standard InChI is InChI=1S/C12H16N2O/c1-3-14-11(15)8-13-12(14)10-6-4-9(2)5-7-10/h4-7,12-13H,3,8H2,1-2H3. The van der Waals surface area contributed by atoms with Crippen molar-refractivity contribution in [1.82, 2.24) is 10.2 Å². The molecule has 1 aromatic rings. The van der Waals surface area contributed by atoms with Gasteiger partial charge in [-0.2, -0.15) is 0 Å². The van der Waals surface area contributed by atoms with Crippen LogP contribution in [0.4, 0.5) is 0 Å². The molecule has 0 aliphatic carbocycles. The minimum Gasteiger partial charge on any atom is -0.322 e. The summed E-state index contributed by atoms with van der Waals surface area (Å²) in [5, 5.41) is 3.22. The third-order valence-corrected chi connectivity index (χ3v) is 2.81. The molecular formula is C12H16N2O. The van der Waals surface area contributed by atoms with E-state index in [0.29, 0.717) is 6.54 Å². The predicted molar refractivity (Wildman–Crippen MR) is 59.3 cm³/mol. The maximum atomic E-state index is 11.5. The normalized spacial score (nSPS) is 21.1. The van der Waals surface area contributed by atoms with Crippen molar-refractivity contribution in [3.8, 4) is 0 Å². The molecule has 1 atom stereocenters. The van der Waals surface area contributed by atoms with E-state index < -0.39 is 0 Å². The summed E-state index contributed by atoms with van der Waals surface area (Å²) in [7, 11) is 0. The molecule has 1 amide bonds. The van der Waals surface area contributed by atoms with Crippen molar-refractivity contribution >= 4 is 5.91 Å². The smallest absolute Gasteiger partial charge is 0.238 e. The largest absolute Gasteiger partial charge is 0.322 e. The van der Waals surface area contributed by atoms with Gasteiger partial charge in [0, 0.05) is 6.54 Å². The van der Waals surface area contributed by atoms with Crippen molar-refractivity contribution in [2.75, 3.05) is 13.1 Å². The average Bonchev–Trinajstić information content (AvgIpc) is 2.61. The van der Waals surface area contributed by atoms with Gasteiger partial charge in [0.1, 0.15) is 6.17 Å². The Morgan fingerprint density at radius 2 is 2.07 bits per heavy atom. The molecule has 3 nitrogen and oxygen atoms in total. The Hall–Kier alpha value is -1.35. The fourth-order valence-corrected chi connectivity index (χ4v) is 1.95. The van der Waals surface area contributed by atoms with Crippen molar-refractivity contribution in [3.05, 3.63) is 35.4 Å². The van der Waals surface area contributed by atoms with Gasteiger partial charge in [-0.05, 0) is 19.4 Å². The summed E-state index contributed by atoms with van der Waals surface area (Å²) in [4.78, 5) is 13.4. The molecule has 1 saturated heterocycles. The van der Waals surface area contributed by atoms with E-state index in [4.69, 9.17) is 0 Å². The molecule has 0 radical (unpaired) electrons. The number of hydrogen-bond acceptors (Lipinski definition) is 2. The van der Waals surface area contributed by atoms with E-state index in [9.17, 15) is 4.79 Å². The van der Waals surface area contributed by atoms with E-state index in [-0.39, 0.29) is 12.1 Å². The molecule has 2 rings (SSSR count). The fourth-order valence-electron chi connectivity index (χ4n) is 1.95. The van der Waals surface area contributed by atoms with Gasteiger partial charge >= 0.3 is 0 Å². The van der Waals surface area contributed by atoms with E-state index in [0.717, 1.165) is 12.1 Å². The maximum Gasteiger partial charge on any atom is 0.238 e. The van der Waals surface area contributed by atoms with Crippen molar-refractivity contribution in [3.63, 3.8) is 0 Å². The zero-order chi connectivity index (χ0) is 10.8. The molecule has 80 valence electrons. The van der Waals surface area contributed by atoms with Gasteiger partial charge in [-0.1, -0.05) is 29.8 Å². The van der Waals surface area contributed by atoms with Crippen LogP contribution in [-0.2, 0) is 4.79 Å². The Labute approximate surface area is 90.1 Å². The average molecular weight is 204 g/mol. The molecular weight excluding hydrogens is 188 g/mol. The summed E-state index contributed by atoms with van der Waals surface area (Å²) in [5.41, 5.74) is 2.40. The number of amides is 1. The lowest BCUT2D eigenvalue weighted by Gasteiger charge is -2.23. The van der Waals surface area contributed by atoms with Crippen LogP contribution >= 0.6 is 0 Å². The van der Waals surface area contributed by atoms with Crippen LogP contribution in [0.15, 0.2) is 24.3 Å². The van der Waals surface area contributed by atoms with E-state index in [1.54, 1.807) is 0 Å². The lowest BCUT2D eigenvalue weighted by atomic mass is 10.1. The second-order valence-electron chi connectivity index (χ2n) is 3.87. The van der Waals surface area contributed by atoms with Crippen LogP contribution in [0.3, 0.4) is 0 Å². The molecule has 0 bridgehead atoms. The van der Waals surface area contributed by atoms with Crippen molar-refractivity contribution < 1.29 is 4.79 Å². The first-order chi connectivity index (χ1) is 7.22. The van der Waals surface area contributed by atoms with Crippen LogP contribution in [0.25, 0.3) is 0 Å². The first-order valence-corrected chi connectivity index (χ1v) is 5.32. The van der Waals surface area contributed by atoms with Crippen LogP contribution in [-0.4, -0.2) is 23.9 Å². The lowest BCUT2D eigenvalue weighted by molar-refractivity contribution is -0.127. The Balaban J connectivity index is 2.23. The third kappa shape index (κ3) is 1.88. The number of rotatable bonds is 2. The zero-order valence-electron chi connectivity index (χ0n) is 9.16. The van der Waals surface area contributed by atoms with Crippen molar-refractivity contribution in [2.45, 2.75) is 20.0 Å². The Morgan fingerprint density at radius 3 is 2.67 bits per heavy atom. The number of carbonyl (C=O) groups is 1. The topological polar surface area (TPSA) is 32.3 Å². The number of nitrogens with one attached hydrogen (secondary N) is 1. The Morgan fingerprint density at radius 1 is 1.40 bits per heavy atom. The molecule has 1 fully saturated rings. The third-order valence-electron chi connectivity index (χ3n) is 2.81. The van der Waals surface area contributed by atoms with Crippen LogP contribution in [0.2, 0.25) is 0 Å². The van der Waals surface area contributed by atoms with Gasteiger partial charge in [-0.25, -0.2) is 0 Å². The second-order valence-corrected chi connectivity index (χ2v) is 3.87. The molecule has 0 aromatic heterocycles. The highest BCUT2D eigenvalue weighted by molar-refractivity contribution is 5.80. The van der Waals surface area contributed by atoms with Crippen LogP contribution in [0.1, 0.15) is 24.2 Å². The molecule has 1 aliphatic rings. The van der Waals surface area contributed by atoms with Gasteiger partial charge in [-0.3, -0.25) is 10.1 Å². The first kappa shape index (κ1) is 10.2. The Bertz CT molecular complexity index is 358. The molecule has 1 aromatic carbocycles. The minimum absolute atomic E-state index is 0.0584. The fraction of sp³-hybridized carbons (Fsp3) is 0.417. The minimum atomic E-state index is 0.0584. The van der Waals surface area contributed by atoms with Crippen molar-refractivity contribution in [2.24, 2.45) is 0 Å². The zero-order valence-corrected chi connectivity index (χ0v) is 9.16. The van der Waals surface area contributed by atoms with E-state index in [2.05, 4.69) is 36.5 Å². The Kier molecular flexibility index (Phi) is 2.73. The van der Waals surface area contributed by atoms with Gasteiger partial charge in [0.05, 0.1) is 6.54 Å². The number of aryl methyl sites for hydroxylation is 1. The highest BCUT2D eigenvalue weighted by Gasteiger charge is 2.29. The molecule has 15 heavy (non-hydrogen) atoms. The van der Waals surface area contributed by atoms with Crippen LogP contribution in [0.5, 0.6) is 0 Å². The SMILES string of the molecule is CCN1C(=O)CNC1c1ccc(C)cc1. The van der Waals surface area contributed by atoms with Gasteiger partial charge in [0.15, 0.2) is 0 Å². The van der Waals surface area contributed by atoms with Gasteiger partial charge in [-0.15, -0.1) is 0 Å². The monoisotopic (exact) mass is 204 g/mol. The van der Waals surface area contributed by atoms with Gasteiger partial charge in [0.2, 0.25) is 5.91 Å². The molecule has 1 aliphatic heterocycles. The number of benzene rings is 1. The number of nitrogens with zero attached hydrogens (tertiary/aromatic N) is 1. The van der Waals surface area contributed by atoms with Gasteiger partial charge < -0.3 is 4.90 Å². The first-order valence-electron chi connectivity index (χ1n) is 5.32. The van der Waals surface area contributed by atoms with E-state index >= 15 is 0 Å². The second kappa shape index (κ2) is 4.03. The summed E-state index contributed by atoms with van der Waals surface area (Å²) in [6.07, 6.45) is 0.0584.